The van der Waals surface area contributed by atoms with Crippen LogP contribution in [0.25, 0.3) is 0 Å². The fourth-order valence-corrected chi connectivity index (χ4v) is 2.46. The molecule has 1 aromatic carbocycles. The van der Waals surface area contributed by atoms with Crippen LogP contribution in [0.4, 0.5) is 0 Å². The summed E-state index contributed by atoms with van der Waals surface area (Å²) < 4.78 is 5.38. The number of hydrogen-bond donors (Lipinski definition) is 2. The third-order valence-electron chi connectivity index (χ3n) is 3.87. The average molecular weight is 277 g/mol. The van der Waals surface area contributed by atoms with Crippen molar-refractivity contribution in [1.82, 2.24) is 5.32 Å². The van der Waals surface area contributed by atoms with Gasteiger partial charge in [0, 0.05) is 7.11 Å². The number of nitrogens with one attached hydrogen (secondary N) is 1. The van der Waals surface area contributed by atoms with Crippen LogP contribution in [-0.4, -0.2) is 29.7 Å². The van der Waals surface area contributed by atoms with Gasteiger partial charge in [0.1, 0.15) is 0 Å². The number of ether oxygens (including phenoxy) is 1. The summed E-state index contributed by atoms with van der Waals surface area (Å²) in [6.07, 6.45) is 2.95. The van der Waals surface area contributed by atoms with Gasteiger partial charge in [0.05, 0.1) is 12.0 Å². The molecule has 0 heterocycles. The Morgan fingerprint density at radius 1 is 1.35 bits per heavy atom. The minimum absolute atomic E-state index is 0.208. The molecule has 0 aromatic heterocycles. The Balaban J connectivity index is 2.02. The van der Waals surface area contributed by atoms with E-state index in [1.165, 1.54) is 0 Å². The number of hydrogen-bond acceptors (Lipinski definition) is 3. The third-order valence-corrected chi connectivity index (χ3v) is 3.87. The fourth-order valence-electron chi connectivity index (χ4n) is 2.46. The number of carbonyl (C=O) groups excluding carboxylic acids is 1. The molecule has 1 aliphatic rings. The van der Waals surface area contributed by atoms with Crippen LogP contribution in [0.1, 0.15) is 37.3 Å². The zero-order chi connectivity index (χ0) is 14.6. The first-order valence-corrected chi connectivity index (χ1v) is 6.69. The number of carboxylic acid groups (broad SMARTS) is 1. The summed E-state index contributed by atoms with van der Waals surface area (Å²) in [6.45, 7) is 0. The van der Waals surface area contributed by atoms with E-state index in [1.807, 2.05) is 0 Å². The summed E-state index contributed by atoms with van der Waals surface area (Å²) in [5, 5.41) is 11.8. The minimum Gasteiger partial charge on any atom is -0.479 e. The van der Waals surface area contributed by atoms with Gasteiger partial charge in [-0.1, -0.05) is 30.3 Å². The van der Waals surface area contributed by atoms with Crippen LogP contribution >= 0.6 is 0 Å². The molecule has 5 heteroatoms. The summed E-state index contributed by atoms with van der Waals surface area (Å²) in [7, 11) is 1.60. The summed E-state index contributed by atoms with van der Waals surface area (Å²) in [5.74, 6) is -1.35. The summed E-state index contributed by atoms with van der Waals surface area (Å²) in [5.41, 5.74) is 0.164. The van der Waals surface area contributed by atoms with Crippen molar-refractivity contribution in [1.29, 1.82) is 0 Å². The molecule has 1 fully saturated rings. The maximum Gasteiger partial charge on any atom is 0.330 e. The molecule has 1 saturated carbocycles. The predicted octanol–water partition coefficient (Wildman–Crippen LogP) is 1.89. The van der Waals surface area contributed by atoms with E-state index in [0.717, 1.165) is 19.3 Å². The van der Waals surface area contributed by atoms with Gasteiger partial charge in [0.15, 0.2) is 6.04 Å². The molecule has 20 heavy (non-hydrogen) atoms. The molecule has 0 bridgehead atoms. The van der Waals surface area contributed by atoms with Crippen molar-refractivity contribution in [3.63, 3.8) is 0 Å². The van der Waals surface area contributed by atoms with Crippen molar-refractivity contribution in [2.75, 3.05) is 7.11 Å². The van der Waals surface area contributed by atoms with Crippen molar-refractivity contribution in [2.45, 2.75) is 37.3 Å². The standard InChI is InChI=1S/C15H19NO4/c1-20-15(8-5-9-15)10-12(17)16-13(14(18)19)11-6-3-2-4-7-11/h2-4,6-7,13H,5,8-10H2,1H3,(H,16,17)(H,18,19)/t13-/m0/s1. The Hall–Kier alpha value is -1.88. The SMILES string of the molecule is COC1(CC(=O)N[C@H](C(=O)O)c2ccccc2)CCC1. The lowest BCUT2D eigenvalue weighted by molar-refractivity contribution is -0.145. The number of rotatable bonds is 6. The Kier molecular flexibility index (Phi) is 4.39. The Labute approximate surface area is 117 Å². The van der Waals surface area contributed by atoms with Gasteiger partial charge in [0.2, 0.25) is 5.91 Å². The normalized spacial score (nSPS) is 17.9. The zero-order valence-corrected chi connectivity index (χ0v) is 11.5. The second-order valence-electron chi connectivity index (χ2n) is 5.17. The molecule has 5 nitrogen and oxygen atoms in total. The second-order valence-corrected chi connectivity index (χ2v) is 5.17. The van der Waals surface area contributed by atoms with Crippen molar-refractivity contribution in [3.8, 4) is 0 Å². The molecule has 108 valence electrons. The number of benzene rings is 1. The molecule has 1 amide bonds. The first-order valence-electron chi connectivity index (χ1n) is 6.69. The quantitative estimate of drug-likeness (QED) is 0.832. The lowest BCUT2D eigenvalue weighted by Crippen LogP contribution is -2.45. The average Bonchev–Trinajstić information content (AvgIpc) is 2.41. The zero-order valence-electron chi connectivity index (χ0n) is 11.5. The van der Waals surface area contributed by atoms with Crippen molar-refractivity contribution >= 4 is 11.9 Å². The predicted molar refractivity (Wildman–Crippen MR) is 73.2 cm³/mol. The fraction of sp³-hybridized carbons (Fsp3) is 0.467. The van der Waals surface area contributed by atoms with E-state index < -0.39 is 17.6 Å². The molecule has 0 radical (unpaired) electrons. The van der Waals surface area contributed by atoms with Crippen LogP contribution in [0.2, 0.25) is 0 Å². The largest absolute Gasteiger partial charge is 0.479 e. The van der Waals surface area contributed by atoms with E-state index in [0.29, 0.717) is 5.56 Å². The highest BCUT2D eigenvalue weighted by atomic mass is 16.5. The van der Waals surface area contributed by atoms with Crippen LogP contribution < -0.4 is 5.32 Å². The third kappa shape index (κ3) is 3.17. The van der Waals surface area contributed by atoms with Gasteiger partial charge in [-0.05, 0) is 24.8 Å². The maximum absolute atomic E-state index is 12.0. The van der Waals surface area contributed by atoms with Gasteiger partial charge in [-0.2, -0.15) is 0 Å². The van der Waals surface area contributed by atoms with E-state index in [9.17, 15) is 14.7 Å². The summed E-state index contributed by atoms with van der Waals surface area (Å²) in [4.78, 5) is 23.4. The molecule has 1 aliphatic carbocycles. The van der Waals surface area contributed by atoms with Gasteiger partial charge in [-0.15, -0.1) is 0 Å². The van der Waals surface area contributed by atoms with Gasteiger partial charge < -0.3 is 15.2 Å². The Morgan fingerprint density at radius 2 is 2.00 bits per heavy atom. The van der Waals surface area contributed by atoms with Crippen molar-refractivity contribution in [3.05, 3.63) is 35.9 Å². The van der Waals surface area contributed by atoms with Gasteiger partial charge >= 0.3 is 5.97 Å². The number of amides is 1. The first kappa shape index (κ1) is 14.5. The molecule has 2 rings (SSSR count). The molecule has 0 aliphatic heterocycles. The molecule has 2 N–H and O–H groups in total. The number of carbonyl (C=O) groups is 2. The van der Waals surface area contributed by atoms with Gasteiger partial charge in [-0.25, -0.2) is 4.79 Å². The van der Waals surface area contributed by atoms with Crippen molar-refractivity contribution in [2.24, 2.45) is 0 Å². The first-order chi connectivity index (χ1) is 9.56. The highest BCUT2D eigenvalue weighted by Gasteiger charge is 2.39. The van der Waals surface area contributed by atoms with Crippen molar-refractivity contribution < 1.29 is 19.4 Å². The van der Waals surface area contributed by atoms with E-state index in [1.54, 1.807) is 37.4 Å². The van der Waals surface area contributed by atoms with E-state index in [4.69, 9.17) is 4.74 Å². The Bertz CT molecular complexity index is 476. The van der Waals surface area contributed by atoms with Crippen LogP contribution in [0.5, 0.6) is 0 Å². The minimum atomic E-state index is -1.07. The van der Waals surface area contributed by atoms with Crippen LogP contribution in [0.15, 0.2) is 30.3 Å². The number of methoxy groups -OCH3 is 1. The molecule has 0 saturated heterocycles. The molecule has 1 aromatic rings. The Morgan fingerprint density at radius 3 is 2.45 bits per heavy atom. The highest BCUT2D eigenvalue weighted by molar-refractivity contribution is 5.85. The van der Waals surface area contributed by atoms with E-state index >= 15 is 0 Å². The highest BCUT2D eigenvalue weighted by Crippen LogP contribution is 2.38. The van der Waals surface area contributed by atoms with Crippen LogP contribution in [0.3, 0.4) is 0 Å². The van der Waals surface area contributed by atoms with E-state index in [-0.39, 0.29) is 12.3 Å². The molecular weight excluding hydrogens is 258 g/mol. The van der Waals surface area contributed by atoms with Gasteiger partial charge in [0.25, 0.3) is 0 Å². The maximum atomic E-state index is 12.0. The van der Waals surface area contributed by atoms with E-state index in [2.05, 4.69) is 5.32 Å². The number of aliphatic carboxylic acids is 1. The number of carboxylic acids is 1. The summed E-state index contributed by atoms with van der Waals surface area (Å²) >= 11 is 0. The lowest BCUT2D eigenvalue weighted by Gasteiger charge is -2.40. The monoisotopic (exact) mass is 277 g/mol. The molecular formula is C15H19NO4. The summed E-state index contributed by atoms with van der Waals surface area (Å²) in [6, 6.07) is 7.67. The molecule has 1 atom stereocenters. The smallest absolute Gasteiger partial charge is 0.330 e. The van der Waals surface area contributed by atoms with Crippen LogP contribution in [0, 0.1) is 0 Å². The second kappa shape index (κ2) is 6.05. The lowest BCUT2D eigenvalue weighted by atomic mass is 9.77. The molecule has 0 spiro atoms. The molecule has 0 unspecified atom stereocenters. The van der Waals surface area contributed by atoms with Crippen LogP contribution in [-0.2, 0) is 14.3 Å². The topological polar surface area (TPSA) is 75.6 Å². The van der Waals surface area contributed by atoms with Gasteiger partial charge in [-0.3, -0.25) is 4.79 Å².